The summed E-state index contributed by atoms with van der Waals surface area (Å²) in [5, 5.41) is 10.6. The normalized spacial score (nSPS) is 12.0. The van der Waals surface area contributed by atoms with Gasteiger partial charge in [0.2, 0.25) is 0 Å². The third-order valence-electron chi connectivity index (χ3n) is 2.87. The number of sulfonamides is 1. The zero-order valence-electron chi connectivity index (χ0n) is 11.5. The van der Waals surface area contributed by atoms with Crippen LogP contribution in [0.2, 0.25) is 5.02 Å². The van der Waals surface area contributed by atoms with Crippen molar-refractivity contribution in [1.29, 1.82) is 0 Å². The number of rotatable bonds is 4. The highest BCUT2D eigenvalue weighted by molar-refractivity contribution is 7.92. The smallest absolute Gasteiger partial charge is 0.279 e. The van der Waals surface area contributed by atoms with Gasteiger partial charge in [0.15, 0.2) is 0 Å². The van der Waals surface area contributed by atoms with Gasteiger partial charge in [-0.3, -0.25) is 14.8 Å². The van der Waals surface area contributed by atoms with Crippen LogP contribution in [0.5, 0.6) is 0 Å². The highest BCUT2D eigenvalue weighted by atomic mass is 35.5. The fourth-order valence-corrected chi connectivity index (χ4v) is 3.05. The fraction of sp³-hybridized carbons (Fsp3) is 0.0769. The molecular weight excluding hydrogens is 373 g/mol. The van der Waals surface area contributed by atoms with Crippen LogP contribution < -0.4 is 4.72 Å². The Bertz CT molecular complexity index is 900. The number of benzene rings is 2. The summed E-state index contributed by atoms with van der Waals surface area (Å²) >= 11 is 5.61. The Morgan fingerprint density at radius 2 is 1.79 bits per heavy atom. The van der Waals surface area contributed by atoms with Crippen LogP contribution in [-0.4, -0.2) is 13.3 Å². The molecule has 0 saturated carbocycles. The summed E-state index contributed by atoms with van der Waals surface area (Å²) in [6, 6.07) is 6.24. The summed E-state index contributed by atoms with van der Waals surface area (Å²) in [5.41, 5.74) is -1.88. The largest absolute Gasteiger partial charge is 0.416 e. The van der Waals surface area contributed by atoms with Crippen LogP contribution in [0.3, 0.4) is 0 Å². The minimum absolute atomic E-state index is 0.205. The van der Waals surface area contributed by atoms with Crippen LogP contribution in [0.25, 0.3) is 0 Å². The molecule has 2 rings (SSSR count). The number of nitrogens with one attached hydrogen (secondary N) is 1. The molecule has 128 valence electrons. The number of nitro benzene ring substituents is 1. The fourth-order valence-electron chi connectivity index (χ4n) is 1.77. The van der Waals surface area contributed by atoms with Gasteiger partial charge in [0, 0.05) is 6.07 Å². The number of hydrogen-bond donors (Lipinski definition) is 1. The Morgan fingerprint density at radius 3 is 2.38 bits per heavy atom. The van der Waals surface area contributed by atoms with Crippen molar-refractivity contribution in [3.05, 3.63) is 63.2 Å². The molecule has 0 unspecified atom stereocenters. The van der Waals surface area contributed by atoms with Gasteiger partial charge in [0.1, 0.15) is 5.02 Å². The Hall–Kier alpha value is -2.33. The van der Waals surface area contributed by atoms with E-state index in [0.717, 1.165) is 36.4 Å². The summed E-state index contributed by atoms with van der Waals surface area (Å²) in [6.07, 6.45) is -4.70. The van der Waals surface area contributed by atoms with Crippen molar-refractivity contribution in [2.24, 2.45) is 0 Å². The van der Waals surface area contributed by atoms with Crippen molar-refractivity contribution in [3.8, 4) is 0 Å². The molecule has 0 aliphatic rings. The molecule has 24 heavy (non-hydrogen) atoms. The lowest BCUT2D eigenvalue weighted by atomic mass is 10.2. The van der Waals surface area contributed by atoms with Gasteiger partial charge in [0.25, 0.3) is 15.7 Å². The SMILES string of the molecule is O=[N+]([O-])c1cc(NS(=O)(=O)c2cccc(C(F)(F)F)c2)ccc1Cl. The van der Waals surface area contributed by atoms with E-state index in [-0.39, 0.29) is 10.7 Å². The molecule has 11 heteroatoms. The van der Waals surface area contributed by atoms with E-state index in [9.17, 15) is 31.7 Å². The maximum Gasteiger partial charge on any atom is 0.416 e. The van der Waals surface area contributed by atoms with E-state index in [4.69, 9.17) is 11.6 Å². The molecule has 0 saturated heterocycles. The van der Waals surface area contributed by atoms with E-state index < -0.39 is 37.3 Å². The van der Waals surface area contributed by atoms with E-state index in [1.54, 1.807) is 0 Å². The van der Waals surface area contributed by atoms with Crippen LogP contribution in [0, 0.1) is 10.1 Å². The number of halogens is 4. The molecule has 0 radical (unpaired) electrons. The van der Waals surface area contributed by atoms with Crippen LogP contribution in [0.4, 0.5) is 24.5 Å². The maximum atomic E-state index is 12.7. The lowest BCUT2D eigenvalue weighted by molar-refractivity contribution is -0.384. The third kappa shape index (κ3) is 3.95. The Labute approximate surface area is 139 Å². The van der Waals surface area contributed by atoms with E-state index in [0.29, 0.717) is 6.07 Å². The van der Waals surface area contributed by atoms with Crippen LogP contribution in [0.15, 0.2) is 47.4 Å². The predicted molar refractivity (Wildman–Crippen MR) is 80.4 cm³/mol. The summed E-state index contributed by atoms with van der Waals surface area (Å²) in [5.74, 6) is 0. The lowest BCUT2D eigenvalue weighted by Gasteiger charge is -2.11. The summed E-state index contributed by atoms with van der Waals surface area (Å²) in [7, 11) is -4.37. The van der Waals surface area contributed by atoms with Crippen LogP contribution in [0.1, 0.15) is 5.56 Å². The summed E-state index contributed by atoms with van der Waals surface area (Å²) < 4.78 is 64.3. The van der Waals surface area contributed by atoms with E-state index in [1.165, 1.54) is 0 Å². The van der Waals surface area contributed by atoms with Gasteiger partial charge < -0.3 is 0 Å². The molecule has 0 aromatic heterocycles. The van der Waals surface area contributed by atoms with Gasteiger partial charge in [0.05, 0.1) is 21.1 Å². The summed E-state index contributed by atoms with van der Waals surface area (Å²) in [4.78, 5) is 9.34. The molecular formula is C13H8ClF3N2O4S. The predicted octanol–water partition coefficient (Wildman–Crippen LogP) is 4.07. The minimum Gasteiger partial charge on any atom is -0.279 e. The van der Waals surface area contributed by atoms with Gasteiger partial charge >= 0.3 is 6.18 Å². The molecule has 0 atom stereocenters. The first kappa shape index (κ1) is 18.0. The van der Waals surface area contributed by atoms with Crippen molar-refractivity contribution < 1.29 is 26.5 Å². The van der Waals surface area contributed by atoms with Gasteiger partial charge in [-0.1, -0.05) is 17.7 Å². The van der Waals surface area contributed by atoms with Crippen molar-refractivity contribution in [2.45, 2.75) is 11.1 Å². The molecule has 6 nitrogen and oxygen atoms in total. The molecule has 0 spiro atoms. The number of alkyl halides is 3. The first-order chi connectivity index (χ1) is 11.0. The van der Waals surface area contributed by atoms with Gasteiger partial charge in [-0.25, -0.2) is 8.42 Å². The third-order valence-corrected chi connectivity index (χ3v) is 4.57. The molecule has 0 aliphatic heterocycles. The van der Waals surface area contributed by atoms with Crippen molar-refractivity contribution in [2.75, 3.05) is 4.72 Å². The first-order valence-corrected chi connectivity index (χ1v) is 8.01. The number of nitro groups is 1. The molecule has 2 aromatic carbocycles. The van der Waals surface area contributed by atoms with Crippen molar-refractivity contribution in [3.63, 3.8) is 0 Å². The molecule has 0 aliphatic carbocycles. The van der Waals surface area contributed by atoms with Crippen molar-refractivity contribution >= 4 is 33.0 Å². The summed E-state index contributed by atoms with van der Waals surface area (Å²) in [6.45, 7) is 0. The van der Waals surface area contributed by atoms with Crippen molar-refractivity contribution in [1.82, 2.24) is 0 Å². The molecule has 0 heterocycles. The van der Waals surface area contributed by atoms with E-state index in [1.807, 2.05) is 4.72 Å². The van der Waals surface area contributed by atoms with Crippen LogP contribution in [-0.2, 0) is 16.2 Å². The Morgan fingerprint density at radius 1 is 1.12 bits per heavy atom. The Balaban J connectivity index is 2.39. The van der Waals surface area contributed by atoms with E-state index in [2.05, 4.69) is 0 Å². The highest BCUT2D eigenvalue weighted by Crippen LogP contribution is 2.32. The lowest BCUT2D eigenvalue weighted by Crippen LogP contribution is -2.14. The molecule has 1 N–H and O–H groups in total. The standard InChI is InChI=1S/C13H8ClF3N2O4S/c14-11-5-4-9(7-12(11)19(20)21)18-24(22,23)10-3-1-2-8(6-10)13(15,16)17/h1-7,18H. The number of anilines is 1. The van der Waals surface area contributed by atoms with Gasteiger partial charge in [-0.2, -0.15) is 13.2 Å². The number of hydrogen-bond acceptors (Lipinski definition) is 4. The Kier molecular flexibility index (Phi) is 4.72. The molecule has 0 bridgehead atoms. The second-order valence-corrected chi connectivity index (χ2v) is 6.64. The second kappa shape index (κ2) is 6.29. The van der Waals surface area contributed by atoms with Gasteiger partial charge in [-0.15, -0.1) is 0 Å². The zero-order chi connectivity index (χ0) is 18.1. The first-order valence-electron chi connectivity index (χ1n) is 6.15. The number of nitrogens with zero attached hydrogens (tertiary/aromatic N) is 1. The monoisotopic (exact) mass is 380 g/mol. The average Bonchev–Trinajstić information content (AvgIpc) is 2.48. The molecule has 0 fully saturated rings. The maximum absolute atomic E-state index is 12.7. The molecule has 2 aromatic rings. The van der Waals surface area contributed by atoms with E-state index >= 15 is 0 Å². The topological polar surface area (TPSA) is 89.3 Å². The van der Waals surface area contributed by atoms with Gasteiger partial charge in [-0.05, 0) is 30.3 Å². The highest BCUT2D eigenvalue weighted by Gasteiger charge is 2.31. The minimum atomic E-state index is -4.70. The van der Waals surface area contributed by atoms with Crippen LogP contribution >= 0.6 is 11.6 Å². The zero-order valence-corrected chi connectivity index (χ0v) is 13.1. The molecule has 0 amide bonds. The quantitative estimate of drug-likeness (QED) is 0.639. The second-order valence-electron chi connectivity index (χ2n) is 4.55. The average molecular weight is 381 g/mol.